The summed E-state index contributed by atoms with van der Waals surface area (Å²) < 4.78 is 13.0. The van der Waals surface area contributed by atoms with Gasteiger partial charge in [0.05, 0.1) is 23.7 Å². The average Bonchev–Trinajstić information content (AvgIpc) is 2.96. The first-order valence-electron chi connectivity index (χ1n) is 6.72. The molecule has 0 saturated carbocycles. The Labute approximate surface area is 130 Å². The molecule has 0 radical (unpaired) electrons. The zero-order valence-electron chi connectivity index (χ0n) is 11.9. The second-order valence-corrected chi connectivity index (χ2v) is 5.76. The van der Waals surface area contributed by atoms with Gasteiger partial charge in [-0.05, 0) is 24.1 Å². The van der Waals surface area contributed by atoms with Crippen LogP contribution in [0.15, 0.2) is 30.5 Å². The van der Waals surface area contributed by atoms with E-state index in [4.69, 9.17) is 5.11 Å². The summed E-state index contributed by atoms with van der Waals surface area (Å²) in [5.41, 5.74) is 0.539. The fourth-order valence-corrected chi connectivity index (χ4v) is 2.69. The standard InChI is InChI=1S/C15H15FN2O3S/c1-2-13-17-8-12(22-13)15(21)18-11(7-14(19)20)9-3-5-10(16)6-4-9/h3-6,8,11H,2,7H2,1H3,(H,18,21)(H,19,20)/t11-/m0/s1. The molecule has 0 aliphatic carbocycles. The van der Waals surface area contributed by atoms with Gasteiger partial charge in [-0.1, -0.05) is 19.1 Å². The molecule has 2 N–H and O–H groups in total. The van der Waals surface area contributed by atoms with Crippen LogP contribution in [-0.4, -0.2) is 22.0 Å². The predicted molar refractivity (Wildman–Crippen MR) is 80.4 cm³/mol. The predicted octanol–water partition coefficient (Wildman–Crippen LogP) is 2.79. The first-order valence-corrected chi connectivity index (χ1v) is 7.54. The molecule has 0 aliphatic rings. The summed E-state index contributed by atoms with van der Waals surface area (Å²) >= 11 is 1.27. The van der Waals surface area contributed by atoms with E-state index in [1.54, 1.807) is 0 Å². The zero-order valence-corrected chi connectivity index (χ0v) is 12.7. The number of nitrogens with one attached hydrogen (secondary N) is 1. The number of rotatable bonds is 6. The summed E-state index contributed by atoms with van der Waals surface area (Å²) in [5.74, 6) is -1.85. The third-order valence-electron chi connectivity index (χ3n) is 3.04. The second kappa shape index (κ2) is 7.13. The van der Waals surface area contributed by atoms with Crippen molar-refractivity contribution in [1.82, 2.24) is 10.3 Å². The van der Waals surface area contributed by atoms with Crippen molar-refractivity contribution in [1.29, 1.82) is 0 Å². The molecule has 0 unspecified atom stereocenters. The maximum Gasteiger partial charge on any atom is 0.305 e. The maximum atomic E-state index is 13.0. The molecule has 2 rings (SSSR count). The van der Waals surface area contributed by atoms with Crippen LogP contribution in [-0.2, 0) is 11.2 Å². The Kier molecular flexibility index (Phi) is 5.21. The zero-order chi connectivity index (χ0) is 16.1. The number of aryl methyl sites for hydroxylation is 1. The smallest absolute Gasteiger partial charge is 0.305 e. The van der Waals surface area contributed by atoms with Gasteiger partial charge >= 0.3 is 5.97 Å². The van der Waals surface area contributed by atoms with E-state index in [1.807, 2.05) is 6.92 Å². The number of aromatic nitrogens is 1. The summed E-state index contributed by atoms with van der Waals surface area (Å²) in [5, 5.41) is 12.5. The number of amides is 1. The van der Waals surface area contributed by atoms with E-state index in [2.05, 4.69) is 10.3 Å². The number of carboxylic acid groups (broad SMARTS) is 1. The average molecular weight is 322 g/mol. The largest absolute Gasteiger partial charge is 0.481 e. The molecule has 5 nitrogen and oxygen atoms in total. The van der Waals surface area contributed by atoms with Crippen LogP contribution in [0.5, 0.6) is 0 Å². The Bertz CT molecular complexity index is 670. The Balaban J connectivity index is 2.17. The summed E-state index contributed by atoms with van der Waals surface area (Å²) in [7, 11) is 0. The molecular weight excluding hydrogens is 307 g/mol. The minimum atomic E-state index is -1.05. The van der Waals surface area contributed by atoms with E-state index in [9.17, 15) is 14.0 Å². The second-order valence-electron chi connectivity index (χ2n) is 4.65. The van der Waals surface area contributed by atoms with Crippen LogP contribution in [0.4, 0.5) is 4.39 Å². The number of hydrogen-bond acceptors (Lipinski definition) is 4. The quantitative estimate of drug-likeness (QED) is 0.857. The molecule has 0 fully saturated rings. The number of carboxylic acids is 1. The van der Waals surface area contributed by atoms with Crippen LogP contribution < -0.4 is 5.32 Å². The lowest BCUT2D eigenvalue weighted by atomic mass is 10.0. The third kappa shape index (κ3) is 4.11. The van der Waals surface area contributed by atoms with E-state index in [-0.39, 0.29) is 12.3 Å². The molecule has 2 aromatic rings. The molecular formula is C15H15FN2O3S. The maximum absolute atomic E-state index is 13.0. The van der Waals surface area contributed by atoms with Crippen molar-refractivity contribution in [3.8, 4) is 0 Å². The molecule has 0 aliphatic heterocycles. The van der Waals surface area contributed by atoms with Gasteiger partial charge in [0.1, 0.15) is 10.7 Å². The van der Waals surface area contributed by atoms with Gasteiger partial charge in [0.2, 0.25) is 0 Å². The van der Waals surface area contributed by atoms with E-state index in [0.717, 1.165) is 11.4 Å². The van der Waals surface area contributed by atoms with Gasteiger partial charge in [-0.15, -0.1) is 11.3 Å². The van der Waals surface area contributed by atoms with Gasteiger partial charge in [-0.3, -0.25) is 9.59 Å². The van der Waals surface area contributed by atoms with Crippen molar-refractivity contribution in [2.24, 2.45) is 0 Å². The van der Waals surface area contributed by atoms with Crippen LogP contribution in [0.2, 0.25) is 0 Å². The summed E-state index contributed by atoms with van der Waals surface area (Å²) in [6.07, 6.45) is 1.92. The highest BCUT2D eigenvalue weighted by atomic mass is 32.1. The van der Waals surface area contributed by atoms with Crippen LogP contribution >= 0.6 is 11.3 Å². The van der Waals surface area contributed by atoms with Crippen molar-refractivity contribution in [3.63, 3.8) is 0 Å². The first-order chi connectivity index (χ1) is 10.5. The molecule has 1 aromatic heterocycles. The molecule has 0 spiro atoms. The minimum Gasteiger partial charge on any atom is -0.481 e. The number of carbonyl (C=O) groups is 2. The number of thiazole rings is 1. The van der Waals surface area contributed by atoms with Crippen molar-refractivity contribution in [2.75, 3.05) is 0 Å². The van der Waals surface area contributed by atoms with E-state index in [0.29, 0.717) is 10.4 Å². The lowest BCUT2D eigenvalue weighted by molar-refractivity contribution is -0.137. The lowest BCUT2D eigenvalue weighted by Crippen LogP contribution is -2.29. The number of halogens is 1. The number of carbonyl (C=O) groups excluding carboxylic acids is 1. The van der Waals surface area contributed by atoms with E-state index in [1.165, 1.54) is 41.8 Å². The fourth-order valence-electron chi connectivity index (χ4n) is 1.93. The molecule has 7 heteroatoms. The molecule has 0 saturated heterocycles. The van der Waals surface area contributed by atoms with Gasteiger partial charge in [0, 0.05) is 0 Å². The molecule has 0 bridgehead atoms. The number of benzene rings is 1. The highest BCUT2D eigenvalue weighted by Crippen LogP contribution is 2.20. The molecule has 1 heterocycles. The van der Waals surface area contributed by atoms with Crippen LogP contribution in [0.25, 0.3) is 0 Å². The van der Waals surface area contributed by atoms with Crippen LogP contribution in [0.1, 0.15) is 39.6 Å². The summed E-state index contributed by atoms with van der Waals surface area (Å²) in [4.78, 5) is 27.7. The Morgan fingerprint density at radius 3 is 2.59 bits per heavy atom. The van der Waals surface area contributed by atoms with Crippen molar-refractivity contribution < 1.29 is 19.1 Å². The molecule has 116 valence electrons. The van der Waals surface area contributed by atoms with Gasteiger partial charge < -0.3 is 10.4 Å². The van der Waals surface area contributed by atoms with Crippen molar-refractivity contribution in [3.05, 3.63) is 51.7 Å². The number of aliphatic carboxylic acids is 1. The van der Waals surface area contributed by atoms with Crippen molar-refractivity contribution >= 4 is 23.2 Å². The normalized spacial score (nSPS) is 11.9. The topological polar surface area (TPSA) is 79.3 Å². The molecule has 1 amide bonds. The molecule has 1 aromatic carbocycles. The van der Waals surface area contributed by atoms with Gasteiger partial charge in [0.15, 0.2) is 0 Å². The highest BCUT2D eigenvalue weighted by Gasteiger charge is 2.20. The third-order valence-corrected chi connectivity index (χ3v) is 4.18. The minimum absolute atomic E-state index is 0.281. The molecule has 1 atom stereocenters. The molecule has 22 heavy (non-hydrogen) atoms. The van der Waals surface area contributed by atoms with Crippen LogP contribution in [0.3, 0.4) is 0 Å². The number of hydrogen-bond donors (Lipinski definition) is 2. The van der Waals surface area contributed by atoms with Gasteiger partial charge in [-0.2, -0.15) is 0 Å². The van der Waals surface area contributed by atoms with Crippen LogP contribution in [0, 0.1) is 5.82 Å². The SMILES string of the molecule is CCc1ncc(C(=O)N[C@@H](CC(=O)O)c2ccc(F)cc2)s1. The lowest BCUT2D eigenvalue weighted by Gasteiger charge is -2.16. The van der Waals surface area contributed by atoms with Gasteiger partial charge in [-0.25, -0.2) is 9.37 Å². The highest BCUT2D eigenvalue weighted by molar-refractivity contribution is 7.13. The van der Waals surface area contributed by atoms with E-state index < -0.39 is 17.8 Å². The monoisotopic (exact) mass is 322 g/mol. The van der Waals surface area contributed by atoms with Gasteiger partial charge in [0.25, 0.3) is 5.91 Å². The van der Waals surface area contributed by atoms with Crippen molar-refractivity contribution in [2.45, 2.75) is 25.8 Å². The first kappa shape index (κ1) is 16.1. The number of nitrogens with zero attached hydrogens (tertiary/aromatic N) is 1. The Morgan fingerprint density at radius 1 is 1.36 bits per heavy atom. The summed E-state index contributed by atoms with van der Waals surface area (Å²) in [6.45, 7) is 1.94. The Hall–Kier alpha value is -2.28. The fraction of sp³-hybridized carbons (Fsp3) is 0.267. The summed E-state index contributed by atoms with van der Waals surface area (Å²) in [6, 6.07) is 4.68. The van der Waals surface area contributed by atoms with E-state index >= 15 is 0 Å². The Morgan fingerprint density at radius 2 is 2.05 bits per heavy atom.